The summed E-state index contributed by atoms with van der Waals surface area (Å²) in [5.74, 6) is 0.809. The predicted molar refractivity (Wildman–Crippen MR) is 114 cm³/mol. The number of hydrogen-bond acceptors (Lipinski definition) is 4. The lowest BCUT2D eigenvalue weighted by molar-refractivity contribution is 0.0648. The van der Waals surface area contributed by atoms with Crippen LogP contribution in [0.25, 0.3) is 11.0 Å². The molecule has 0 bridgehead atoms. The Labute approximate surface area is 175 Å². The van der Waals surface area contributed by atoms with Crippen molar-refractivity contribution in [2.75, 3.05) is 0 Å². The fraction of sp³-hybridized carbons (Fsp3) is 0.292. The van der Waals surface area contributed by atoms with Gasteiger partial charge in [-0.2, -0.15) is 5.10 Å². The molecule has 3 aromatic heterocycles. The maximum atomic E-state index is 13.4. The molecule has 1 saturated carbocycles. The van der Waals surface area contributed by atoms with Crippen LogP contribution < -0.4 is 0 Å². The summed E-state index contributed by atoms with van der Waals surface area (Å²) in [6, 6.07) is 16.1. The molecular weight excluding hydrogens is 376 g/mol. The van der Waals surface area contributed by atoms with E-state index in [0.29, 0.717) is 18.7 Å². The van der Waals surface area contributed by atoms with E-state index in [0.717, 1.165) is 48.0 Å². The maximum Gasteiger partial charge on any atom is 0.256 e. The van der Waals surface area contributed by atoms with Crippen LogP contribution >= 0.6 is 0 Å². The molecule has 1 aliphatic carbocycles. The Balaban J connectivity index is 1.41. The van der Waals surface area contributed by atoms with Gasteiger partial charge in [-0.3, -0.25) is 4.79 Å². The number of benzene rings is 1. The Morgan fingerprint density at radius 2 is 1.93 bits per heavy atom. The lowest BCUT2D eigenvalue weighted by Crippen LogP contribution is -2.38. The van der Waals surface area contributed by atoms with Crippen LogP contribution in [0.5, 0.6) is 0 Å². The summed E-state index contributed by atoms with van der Waals surface area (Å²) in [6.07, 6.45) is 9.52. The third-order valence-corrected chi connectivity index (χ3v) is 5.83. The van der Waals surface area contributed by atoms with Crippen LogP contribution in [0.2, 0.25) is 0 Å². The second-order valence-corrected chi connectivity index (χ2v) is 7.88. The molecule has 0 atom stereocenters. The molecule has 4 aromatic rings. The van der Waals surface area contributed by atoms with Gasteiger partial charge in [-0.15, -0.1) is 0 Å². The molecule has 5 rings (SSSR count). The zero-order valence-corrected chi connectivity index (χ0v) is 16.8. The monoisotopic (exact) mass is 400 g/mol. The van der Waals surface area contributed by atoms with Crippen LogP contribution in [0.15, 0.2) is 71.6 Å². The van der Waals surface area contributed by atoms with Crippen molar-refractivity contribution in [2.24, 2.45) is 0 Å². The van der Waals surface area contributed by atoms with Gasteiger partial charge in [0.2, 0.25) is 0 Å². The van der Waals surface area contributed by atoms with Gasteiger partial charge >= 0.3 is 0 Å². The molecule has 152 valence electrons. The van der Waals surface area contributed by atoms with Gasteiger partial charge in [0.15, 0.2) is 5.65 Å². The molecule has 0 spiro atoms. The average molecular weight is 400 g/mol. The Kier molecular flexibility index (Phi) is 5.05. The van der Waals surface area contributed by atoms with Gasteiger partial charge < -0.3 is 9.32 Å². The number of carbonyl (C=O) groups excluding carboxylic acids is 1. The molecule has 0 saturated heterocycles. The largest absolute Gasteiger partial charge is 0.467 e. The van der Waals surface area contributed by atoms with E-state index in [1.165, 1.54) is 0 Å². The number of nitrogens with zero attached hydrogens (tertiary/aromatic N) is 4. The van der Waals surface area contributed by atoms with E-state index in [-0.39, 0.29) is 11.9 Å². The molecule has 6 heteroatoms. The van der Waals surface area contributed by atoms with E-state index in [1.807, 2.05) is 46.0 Å². The number of rotatable bonds is 6. The minimum Gasteiger partial charge on any atom is -0.467 e. The molecule has 1 amide bonds. The summed E-state index contributed by atoms with van der Waals surface area (Å²) in [6.45, 7) is 1.14. The van der Waals surface area contributed by atoms with Crippen LogP contribution in [0.4, 0.5) is 0 Å². The van der Waals surface area contributed by atoms with E-state index in [9.17, 15) is 4.79 Å². The SMILES string of the molecule is O=C(c1cnc2c(cnn2Cc2ccccc2)c1)N(Cc1ccco1)C1CCCC1. The number of pyridine rings is 1. The first kappa shape index (κ1) is 18.6. The number of amides is 1. The van der Waals surface area contributed by atoms with Crippen molar-refractivity contribution in [3.63, 3.8) is 0 Å². The molecule has 0 unspecified atom stereocenters. The van der Waals surface area contributed by atoms with E-state index < -0.39 is 0 Å². The topological polar surface area (TPSA) is 64.2 Å². The van der Waals surface area contributed by atoms with E-state index in [1.54, 1.807) is 18.7 Å². The summed E-state index contributed by atoms with van der Waals surface area (Å²) in [5.41, 5.74) is 2.55. The highest BCUT2D eigenvalue weighted by Gasteiger charge is 2.28. The standard InChI is InChI=1S/C24H24N4O2/c29-24(27(21-9-4-5-10-21)17-22-11-6-12-30-22)20-13-19-15-26-28(23(19)25-14-20)16-18-7-2-1-3-8-18/h1-3,6-8,11-15,21H,4-5,9-10,16-17H2. The quantitative estimate of drug-likeness (QED) is 0.472. The third kappa shape index (κ3) is 3.73. The highest BCUT2D eigenvalue weighted by Crippen LogP contribution is 2.27. The van der Waals surface area contributed by atoms with Gasteiger partial charge in [-0.05, 0) is 36.6 Å². The third-order valence-electron chi connectivity index (χ3n) is 5.83. The second-order valence-electron chi connectivity index (χ2n) is 7.88. The Hall–Kier alpha value is -3.41. The lowest BCUT2D eigenvalue weighted by Gasteiger charge is -2.28. The van der Waals surface area contributed by atoms with Crippen molar-refractivity contribution in [2.45, 2.75) is 44.8 Å². The molecule has 1 aliphatic rings. The van der Waals surface area contributed by atoms with Crippen LogP contribution in [-0.2, 0) is 13.1 Å². The number of hydrogen-bond donors (Lipinski definition) is 0. The van der Waals surface area contributed by atoms with Crippen LogP contribution in [-0.4, -0.2) is 31.6 Å². The Bertz CT molecular complexity index is 1130. The van der Waals surface area contributed by atoms with Crippen molar-refractivity contribution in [3.8, 4) is 0 Å². The molecule has 30 heavy (non-hydrogen) atoms. The number of furan rings is 1. The molecule has 3 heterocycles. The van der Waals surface area contributed by atoms with Gasteiger partial charge in [0.1, 0.15) is 5.76 Å². The zero-order valence-electron chi connectivity index (χ0n) is 16.8. The van der Waals surface area contributed by atoms with Crippen molar-refractivity contribution in [3.05, 3.63) is 84.1 Å². The van der Waals surface area contributed by atoms with Gasteiger partial charge in [-0.1, -0.05) is 43.2 Å². The highest BCUT2D eigenvalue weighted by atomic mass is 16.3. The molecular formula is C24H24N4O2. The first-order valence-corrected chi connectivity index (χ1v) is 10.5. The van der Waals surface area contributed by atoms with Crippen LogP contribution in [0.3, 0.4) is 0 Å². The highest BCUT2D eigenvalue weighted by molar-refractivity contribution is 5.97. The summed E-state index contributed by atoms with van der Waals surface area (Å²) in [7, 11) is 0. The minimum atomic E-state index is 0.00325. The normalized spacial score (nSPS) is 14.4. The van der Waals surface area contributed by atoms with Gasteiger partial charge in [0, 0.05) is 17.6 Å². The molecule has 1 fully saturated rings. The number of fused-ring (bicyclic) bond motifs is 1. The molecule has 1 aromatic carbocycles. The molecule has 0 radical (unpaired) electrons. The van der Waals surface area contributed by atoms with Crippen molar-refractivity contribution >= 4 is 16.9 Å². The molecule has 0 aliphatic heterocycles. The van der Waals surface area contributed by atoms with Gasteiger partial charge in [0.05, 0.1) is 31.1 Å². The van der Waals surface area contributed by atoms with Crippen LogP contribution in [0, 0.1) is 0 Å². The fourth-order valence-corrected chi connectivity index (χ4v) is 4.28. The maximum absolute atomic E-state index is 13.4. The first-order valence-electron chi connectivity index (χ1n) is 10.5. The summed E-state index contributed by atoms with van der Waals surface area (Å²) in [5, 5.41) is 5.36. The lowest BCUT2D eigenvalue weighted by atomic mass is 10.1. The smallest absolute Gasteiger partial charge is 0.256 e. The minimum absolute atomic E-state index is 0.00325. The van der Waals surface area contributed by atoms with E-state index >= 15 is 0 Å². The summed E-state index contributed by atoms with van der Waals surface area (Å²) in [4.78, 5) is 20.0. The summed E-state index contributed by atoms with van der Waals surface area (Å²) < 4.78 is 7.39. The number of carbonyl (C=O) groups is 1. The zero-order chi connectivity index (χ0) is 20.3. The predicted octanol–water partition coefficient (Wildman–Crippen LogP) is 4.66. The fourth-order valence-electron chi connectivity index (χ4n) is 4.28. The Morgan fingerprint density at radius 3 is 2.70 bits per heavy atom. The second kappa shape index (κ2) is 8.14. The summed E-state index contributed by atoms with van der Waals surface area (Å²) >= 11 is 0. The Morgan fingerprint density at radius 1 is 1.10 bits per heavy atom. The number of aromatic nitrogens is 3. The van der Waals surface area contributed by atoms with Crippen molar-refractivity contribution in [1.82, 2.24) is 19.7 Å². The van der Waals surface area contributed by atoms with Crippen molar-refractivity contribution in [1.29, 1.82) is 0 Å². The first-order chi connectivity index (χ1) is 14.8. The van der Waals surface area contributed by atoms with Gasteiger partial charge in [-0.25, -0.2) is 9.67 Å². The van der Waals surface area contributed by atoms with Gasteiger partial charge in [0.25, 0.3) is 5.91 Å². The van der Waals surface area contributed by atoms with Crippen molar-refractivity contribution < 1.29 is 9.21 Å². The van der Waals surface area contributed by atoms with Crippen LogP contribution in [0.1, 0.15) is 47.4 Å². The molecule has 6 nitrogen and oxygen atoms in total. The van der Waals surface area contributed by atoms with E-state index in [2.05, 4.69) is 22.2 Å². The van der Waals surface area contributed by atoms with E-state index in [4.69, 9.17) is 4.42 Å². The average Bonchev–Trinajstić information content (AvgIpc) is 3.55. The molecule has 0 N–H and O–H groups in total.